The van der Waals surface area contributed by atoms with E-state index in [1.165, 1.54) is 7.11 Å². The smallest absolute Gasteiger partial charge is 0.340 e. The molecule has 5 rings (SSSR count). The first-order valence-electron chi connectivity index (χ1n) is 11.7. The Morgan fingerprint density at radius 1 is 0.861 bits per heavy atom. The number of esters is 1. The Labute approximate surface area is 209 Å². The number of ether oxygens (including phenoxy) is 2. The highest BCUT2D eigenvalue weighted by atomic mass is 16.5. The van der Waals surface area contributed by atoms with E-state index in [1.54, 1.807) is 17.9 Å². The Balaban J connectivity index is 1.58. The third-order valence-electron chi connectivity index (χ3n) is 6.25. The maximum absolute atomic E-state index is 13.9. The molecule has 4 aromatic rings. The van der Waals surface area contributed by atoms with E-state index in [2.05, 4.69) is 0 Å². The normalized spacial score (nSPS) is 14.6. The molecular weight excluding hydrogens is 450 g/mol. The van der Waals surface area contributed by atoms with E-state index in [-0.39, 0.29) is 17.1 Å². The molecule has 0 N–H and O–H groups in total. The van der Waals surface area contributed by atoms with Gasteiger partial charge in [0.25, 0.3) is 5.91 Å². The van der Waals surface area contributed by atoms with Gasteiger partial charge in [0.15, 0.2) is 0 Å². The van der Waals surface area contributed by atoms with Crippen molar-refractivity contribution < 1.29 is 19.1 Å². The van der Waals surface area contributed by atoms with Crippen molar-refractivity contribution >= 4 is 34.4 Å². The van der Waals surface area contributed by atoms with Crippen molar-refractivity contribution in [3.05, 3.63) is 125 Å². The molecule has 0 unspecified atom stereocenters. The zero-order valence-electron chi connectivity index (χ0n) is 20.1. The van der Waals surface area contributed by atoms with Gasteiger partial charge in [0.1, 0.15) is 12.4 Å². The number of carbonyl (C=O) groups is 2. The first-order valence-corrected chi connectivity index (χ1v) is 11.7. The molecule has 0 aromatic heterocycles. The number of anilines is 1. The quantitative estimate of drug-likeness (QED) is 0.243. The number of hydrogen-bond acceptors (Lipinski definition) is 4. The summed E-state index contributed by atoms with van der Waals surface area (Å²) in [4.78, 5) is 28.3. The summed E-state index contributed by atoms with van der Waals surface area (Å²) in [5, 5.41) is 1.93. The number of methoxy groups -OCH3 is 1. The van der Waals surface area contributed by atoms with E-state index in [1.807, 2.05) is 97.1 Å². The molecule has 0 atom stereocenters. The second-order valence-electron chi connectivity index (χ2n) is 8.46. The average molecular weight is 476 g/mol. The van der Waals surface area contributed by atoms with Crippen LogP contribution < -0.4 is 9.64 Å². The van der Waals surface area contributed by atoms with Crippen molar-refractivity contribution in [1.29, 1.82) is 0 Å². The highest BCUT2D eigenvalue weighted by molar-refractivity contribution is 6.25. The van der Waals surface area contributed by atoms with Crippen LogP contribution in [0.5, 0.6) is 5.75 Å². The number of benzene rings is 4. The molecule has 1 aliphatic heterocycles. The number of nitrogens with zero attached hydrogens (tertiary/aromatic N) is 1. The summed E-state index contributed by atoms with van der Waals surface area (Å²) < 4.78 is 11.2. The van der Waals surface area contributed by atoms with Gasteiger partial charge >= 0.3 is 5.97 Å². The summed E-state index contributed by atoms with van der Waals surface area (Å²) in [7, 11) is 1.32. The van der Waals surface area contributed by atoms with E-state index in [0.29, 0.717) is 29.3 Å². The van der Waals surface area contributed by atoms with Crippen LogP contribution in [-0.2, 0) is 20.9 Å². The highest BCUT2D eigenvalue weighted by Crippen LogP contribution is 2.39. The Kier molecular flexibility index (Phi) is 6.37. The molecule has 0 bridgehead atoms. The van der Waals surface area contributed by atoms with Crippen molar-refractivity contribution in [2.75, 3.05) is 12.0 Å². The summed E-state index contributed by atoms with van der Waals surface area (Å²) in [5.41, 5.74) is 3.48. The number of allylic oxidation sites excluding steroid dienone is 1. The number of hydrogen-bond donors (Lipinski definition) is 0. The molecule has 1 amide bonds. The Bertz CT molecular complexity index is 1510. The maximum Gasteiger partial charge on any atom is 0.340 e. The van der Waals surface area contributed by atoms with Gasteiger partial charge in [-0.3, -0.25) is 9.69 Å². The Morgan fingerprint density at radius 2 is 1.56 bits per heavy atom. The van der Waals surface area contributed by atoms with Crippen LogP contribution in [-0.4, -0.2) is 19.0 Å². The van der Waals surface area contributed by atoms with E-state index in [9.17, 15) is 9.59 Å². The Hall–Kier alpha value is -4.64. The van der Waals surface area contributed by atoms with Gasteiger partial charge in [-0.2, -0.15) is 0 Å². The summed E-state index contributed by atoms with van der Waals surface area (Å²) in [6.07, 6.45) is 1.71. The third kappa shape index (κ3) is 4.27. The van der Waals surface area contributed by atoms with Gasteiger partial charge in [0.2, 0.25) is 0 Å². The molecular formula is C31H25NO4. The molecule has 4 aromatic carbocycles. The lowest BCUT2D eigenvalue weighted by Crippen LogP contribution is -2.24. The van der Waals surface area contributed by atoms with Crippen LogP contribution >= 0.6 is 0 Å². The Morgan fingerprint density at radius 3 is 2.36 bits per heavy atom. The summed E-state index contributed by atoms with van der Waals surface area (Å²) in [6, 6.07) is 31.0. The van der Waals surface area contributed by atoms with Gasteiger partial charge in [0.05, 0.1) is 23.9 Å². The second kappa shape index (κ2) is 9.92. The second-order valence-corrected chi connectivity index (χ2v) is 8.46. The molecule has 178 valence electrons. The van der Waals surface area contributed by atoms with Gasteiger partial charge in [-0.05, 0) is 36.1 Å². The number of para-hydroxylation sites is 1. The van der Waals surface area contributed by atoms with Gasteiger partial charge in [-0.1, -0.05) is 84.9 Å². The third-order valence-corrected chi connectivity index (χ3v) is 6.25. The first kappa shape index (κ1) is 23.1. The van der Waals surface area contributed by atoms with Gasteiger partial charge in [-0.15, -0.1) is 0 Å². The first-order chi connectivity index (χ1) is 17.6. The van der Waals surface area contributed by atoms with Crippen LogP contribution in [0, 0.1) is 0 Å². The molecule has 5 nitrogen and oxygen atoms in total. The molecule has 5 heteroatoms. The lowest BCUT2D eigenvalue weighted by molar-refractivity contribution is -0.136. The number of amides is 1. The standard InChI is InChI=1S/C31H25NO4/c1-21-29(31(34)35-2)26(30(33)32(21)27-17-10-15-23-13-6-8-16-25(23)27)19-24-14-7-9-18-28(24)36-20-22-11-4-3-5-12-22/h3-19H,20H2,1-2H3. The molecule has 0 fully saturated rings. The van der Waals surface area contributed by atoms with Crippen LogP contribution in [0.25, 0.3) is 16.8 Å². The summed E-state index contributed by atoms with van der Waals surface area (Å²) >= 11 is 0. The van der Waals surface area contributed by atoms with Crippen LogP contribution in [0.4, 0.5) is 5.69 Å². The molecule has 0 aliphatic carbocycles. The summed E-state index contributed by atoms with van der Waals surface area (Å²) in [5.74, 6) is -0.230. The van der Waals surface area contributed by atoms with Crippen molar-refractivity contribution in [3.8, 4) is 5.75 Å². The zero-order chi connectivity index (χ0) is 25.1. The SMILES string of the molecule is COC(=O)C1=C(C)N(c2cccc3ccccc23)C(=O)C1=Cc1ccccc1OCc1ccccc1. The molecule has 0 spiro atoms. The predicted molar refractivity (Wildman–Crippen MR) is 141 cm³/mol. The predicted octanol–water partition coefficient (Wildman–Crippen LogP) is 6.30. The van der Waals surface area contributed by atoms with Crippen molar-refractivity contribution in [2.24, 2.45) is 0 Å². The minimum absolute atomic E-state index is 0.244. The fraction of sp³-hybridized carbons (Fsp3) is 0.0968. The van der Waals surface area contributed by atoms with Crippen LogP contribution in [0.1, 0.15) is 18.1 Å². The van der Waals surface area contributed by atoms with Crippen LogP contribution in [0.3, 0.4) is 0 Å². The van der Waals surface area contributed by atoms with Gasteiger partial charge in [-0.25, -0.2) is 4.79 Å². The molecule has 1 aliphatic rings. The molecule has 0 saturated heterocycles. The fourth-order valence-electron chi connectivity index (χ4n) is 4.50. The van der Waals surface area contributed by atoms with Crippen molar-refractivity contribution in [2.45, 2.75) is 13.5 Å². The fourth-order valence-corrected chi connectivity index (χ4v) is 4.50. The van der Waals surface area contributed by atoms with Crippen LogP contribution in [0.15, 0.2) is 114 Å². The lowest BCUT2D eigenvalue weighted by Gasteiger charge is -2.20. The minimum atomic E-state index is -0.558. The van der Waals surface area contributed by atoms with Crippen molar-refractivity contribution in [1.82, 2.24) is 0 Å². The molecule has 1 heterocycles. The molecule has 0 radical (unpaired) electrons. The average Bonchev–Trinajstić information content (AvgIpc) is 3.16. The van der Waals surface area contributed by atoms with E-state index >= 15 is 0 Å². The maximum atomic E-state index is 13.9. The zero-order valence-corrected chi connectivity index (χ0v) is 20.1. The topological polar surface area (TPSA) is 55.8 Å². The number of fused-ring (bicyclic) bond motifs is 1. The monoisotopic (exact) mass is 475 g/mol. The molecule has 36 heavy (non-hydrogen) atoms. The van der Waals surface area contributed by atoms with Gasteiger partial charge < -0.3 is 9.47 Å². The van der Waals surface area contributed by atoms with Gasteiger partial charge in [0, 0.05) is 16.6 Å². The number of rotatable bonds is 6. The number of carbonyl (C=O) groups excluding carboxylic acids is 2. The van der Waals surface area contributed by atoms with E-state index < -0.39 is 5.97 Å². The summed E-state index contributed by atoms with van der Waals surface area (Å²) in [6.45, 7) is 2.15. The van der Waals surface area contributed by atoms with E-state index in [4.69, 9.17) is 9.47 Å². The van der Waals surface area contributed by atoms with E-state index in [0.717, 1.165) is 16.3 Å². The molecule has 0 saturated carbocycles. The lowest BCUT2D eigenvalue weighted by atomic mass is 10.0. The van der Waals surface area contributed by atoms with Crippen molar-refractivity contribution in [3.63, 3.8) is 0 Å². The highest BCUT2D eigenvalue weighted by Gasteiger charge is 2.38. The van der Waals surface area contributed by atoms with Crippen LogP contribution in [0.2, 0.25) is 0 Å². The largest absolute Gasteiger partial charge is 0.488 e. The minimum Gasteiger partial charge on any atom is -0.488 e.